The zero-order chi connectivity index (χ0) is 13.1. The average molecular weight is 457 g/mol. The largest absolute Gasteiger partial charge is 0.314 e. The molecule has 20 heavy (non-hydrogen) atoms. The topological polar surface area (TPSA) is 15.3 Å². The molecule has 8 heteroatoms. The lowest BCUT2D eigenvalue weighted by Crippen LogP contribution is -2.47. The smallest absolute Gasteiger partial charge is 0.258 e. The van der Waals surface area contributed by atoms with Gasteiger partial charge in [0.05, 0.1) is 6.04 Å². The van der Waals surface area contributed by atoms with E-state index in [-0.39, 0.29) is 24.8 Å². The fourth-order valence-corrected chi connectivity index (χ4v) is 3.05. The van der Waals surface area contributed by atoms with Gasteiger partial charge in [-0.2, -0.15) is 0 Å². The van der Waals surface area contributed by atoms with E-state index in [4.69, 9.17) is 0 Å². The van der Waals surface area contributed by atoms with Gasteiger partial charge in [-0.1, -0.05) is 31.9 Å². The molecule has 0 saturated carbocycles. The summed E-state index contributed by atoms with van der Waals surface area (Å²) in [6.07, 6.45) is -2.39. The number of nitrogens with zero attached hydrogens (tertiary/aromatic N) is 1. The third-order valence-corrected chi connectivity index (χ3v) is 4.28. The number of hydrogen-bond acceptors (Lipinski definition) is 2. The van der Waals surface area contributed by atoms with Gasteiger partial charge in [0.1, 0.15) is 0 Å². The highest BCUT2D eigenvalue weighted by Gasteiger charge is 2.31. The van der Waals surface area contributed by atoms with Crippen molar-refractivity contribution in [1.82, 2.24) is 10.2 Å². The first-order valence-electron chi connectivity index (χ1n) is 5.77. The molecule has 0 aromatic heterocycles. The van der Waals surface area contributed by atoms with Crippen LogP contribution in [0.2, 0.25) is 0 Å². The van der Waals surface area contributed by atoms with Crippen molar-refractivity contribution in [3.05, 3.63) is 32.7 Å². The Morgan fingerprint density at radius 1 is 1.10 bits per heavy atom. The van der Waals surface area contributed by atoms with Crippen LogP contribution in [0.4, 0.5) is 8.78 Å². The normalized spacial score (nSPS) is 17.2. The molecule has 0 unspecified atom stereocenters. The Morgan fingerprint density at radius 3 is 2.25 bits per heavy atom. The number of hydrogen-bond donors (Lipinski definition) is 1. The van der Waals surface area contributed by atoms with Crippen LogP contribution in [-0.2, 0) is 0 Å². The fraction of sp³-hybridized carbons (Fsp3) is 0.500. The highest BCUT2D eigenvalue weighted by molar-refractivity contribution is 9.11. The van der Waals surface area contributed by atoms with Crippen LogP contribution >= 0.6 is 56.7 Å². The third-order valence-electron chi connectivity index (χ3n) is 3.06. The Labute approximate surface area is 146 Å². The zero-order valence-corrected chi connectivity index (χ0v) is 15.3. The monoisotopic (exact) mass is 454 g/mol. The number of halogens is 6. The van der Waals surface area contributed by atoms with Crippen LogP contribution < -0.4 is 5.32 Å². The van der Waals surface area contributed by atoms with Gasteiger partial charge in [0.2, 0.25) is 0 Å². The van der Waals surface area contributed by atoms with Crippen molar-refractivity contribution in [1.29, 1.82) is 0 Å². The molecule has 1 aliphatic rings. The summed E-state index contributed by atoms with van der Waals surface area (Å²) in [5, 5.41) is 3.18. The second-order valence-electron chi connectivity index (χ2n) is 4.23. The highest BCUT2D eigenvalue weighted by atomic mass is 79.9. The molecule has 0 radical (unpaired) electrons. The maximum absolute atomic E-state index is 13.4. The molecule has 1 aromatic carbocycles. The van der Waals surface area contributed by atoms with Gasteiger partial charge in [0.25, 0.3) is 6.43 Å². The van der Waals surface area contributed by atoms with Crippen LogP contribution in [0.3, 0.4) is 0 Å². The van der Waals surface area contributed by atoms with Crippen LogP contribution in [0.15, 0.2) is 27.1 Å². The lowest BCUT2D eigenvalue weighted by Gasteiger charge is -2.35. The van der Waals surface area contributed by atoms with Crippen molar-refractivity contribution < 1.29 is 8.78 Å². The Kier molecular flexibility index (Phi) is 9.79. The molecule has 1 aromatic rings. The fourth-order valence-electron chi connectivity index (χ4n) is 2.19. The average Bonchev–Trinajstić information content (AvgIpc) is 2.35. The van der Waals surface area contributed by atoms with Gasteiger partial charge in [-0.25, -0.2) is 8.78 Å². The molecule has 1 saturated heterocycles. The van der Waals surface area contributed by atoms with Gasteiger partial charge in [0, 0.05) is 35.1 Å². The van der Waals surface area contributed by atoms with Gasteiger partial charge < -0.3 is 5.32 Å². The summed E-state index contributed by atoms with van der Waals surface area (Å²) in [7, 11) is 0. The van der Waals surface area contributed by atoms with Gasteiger partial charge in [0.15, 0.2) is 0 Å². The van der Waals surface area contributed by atoms with Gasteiger partial charge in [-0.05, 0) is 23.8 Å². The van der Waals surface area contributed by atoms with Crippen LogP contribution in [0.5, 0.6) is 0 Å². The number of benzene rings is 1. The third kappa shape index (κ3) is 5.07. The van der Waals surface area contributed by atoms with Gasteiger partial charge >= 0.3 is 0 Å². The SMILES string of the molecule is Cl.Cl.FC(F)[C@@H](c1cc(Br)ccc1Br)N1CCNCC1. The first kappa shape index (κ1) is 20.5. The first-order chi connectivity index (χ1) is 8.59. The second-order valence-corrected chi connectivity index (χ2v) is 6.00. The Balaban J connectivity index is 0.00000180. The lowest BCUT2D eigenvalue weighted by atomic mass is 10.0. The number of alkyl halides is 2. The van der Waals surface area contributed by atoms with Crippen molar-refractivity contribution in [2.45, 2.75) is 12.5 Å². The minimum atomic E-state index is -2.39. The van der Waals surface area contributed by atoms with Crippen molar-refractivity contribution >= 4 is 56.7 Å². The summed E-state index contributed by atoms with van der Waals surface area (Å²) in [4.78, 5) is 1.84. The zero-order valence-electron chi connectivity index (χ0n) is 10.5. The molecule has 0 aliphatic carbocycles. The minimum absolute atomic E-state index is 0. The molecule has 1 aliphatic heterocycles. The summed E-state index contributed by atoms with van der Waals surface area (Å²) in [6.45, 7) is 2.81. The standard InChI is InChI=1S/C12H14Br2F2N2.2ClH/c13-8-1-2-10(14)9(7-8)11(12(15)16)18-5-3-17-4-6-18;;/h1-2,7,11-12,17H,3-6H2;2*1H/t11-;;/m1../s1. The molecule has 0 bridgehead atoms. The van der Waals surface area contributed by atoms with E-state index in [9.17, 15) is 8.78 Å². The van der Waals surface area contributed by atoms with E-state index in [1.165, 1.54) is 0 Å². The predicted octanol–water partition coefficient (Wildman–Crippen LogP) is 4.27. The molecule has 1 N–H and O–H groups in total. The molecule has 2 rings (SSSR count). The molecular weight excluding hydrogens is 441 g/mol. The van der Waals surface area contributed by atoms with Crippen molar-refractivity contribution in [3.63, 3.8) is 0 Å². The Hall–Kier alpha value is 0.540. The van der Waals surface area contributed by atoms with E-state index in [0.29, 0.717) is 18.7 Å². The highest BCUT2D eigenvalue weighted by Crippen LogP contribution is 2.34. The van der Waals surface area contributed by atoms with Gasteiger partial charge in [-0.3, -0.25) is 4.90 Å². The molecule has 116 valence electrons. The second kappa shape index (κ2) is 9.54. The maximum Gasteiger partial charge on any atom is 0.258 e. The van der Waals surface area contributed by atoms with Crippen LogP contribution in [0, 0.1) is 0 Å². The van der Waals surface area contributed by atoms with E-state index in [2.05, 4.69) is 37.2 Å². The molecule has 1 heterocycles. The number of nitrogens with one attached hydrogen (secondary N) is 1. The molecule has 1 atom stereocenters. The quantitative estimate of drug-likeness (QED) is 0.730. The van der Waals surface area contributed by atoms with Crippen LogP contribution in [-0.4, -0.2) is 37.5 Å². The lowest BCUT2D eigenvalue weighted by molar-refractivity contribution is 0.0178. The van der Waals surface area contributed by atoms with E-state index in [1.54, 1.807) is 12.1 Å². The molecule has 1 fully saturated rings. The number of piperazine rings is 1. The molecule has 0 amide bonds. The minimum Gasteiger partial charge on any atom is -0.314 e. The van der Waals surface area contributed by atoms with Crippen LogP contribution in [0.25, 0.3) is 0 Å². The maximum atomic E-state index is 13.4. The molecule has 0 spiro atoms. The van der Waals surface area contributed by atoms with Crippen LogP contribution in [0.1, 0.15) is 11.6 Å². The van der Waals surface area contributed by atoms with Crippen molar-refractivity contribution in [2.24, 2.45) is 0 Å². The van der Waals surface area contributed by atoms with Crippen molar-refractivity contribution in [2.75, 3.05) is 26.2 Å². The van der Waals surface area contributed by atoms with Crippen molar-refractivity contribution in [3.8, 4) is 0 Å². The van der Waals surface area contributed by atoms with E-state index in [1.807, 2.05) is 11.0 Å². The Bertz CT molecular complexity index is 418. The molecular formula is C12H16Br2Cl2F2N2. The first-order valence-corrected chi connectivity index (χ1v) is 7.36. The summed E-state index contributed by atoms with van der Waals surface area (Å²) in [5.41, 5.74) is 0.640. The van der Waals surface area contributed by atoms with Gasteiger partial charge in [-0.15, -0.1) is 24.8 Å². The summed E-state index contributed by atoms with van der Waals surface area (Å²) in [6, 6.07) is 4.56. The summed E-state index contributed by atoms with van der Waals surface area (Å²) in [5.74, 6) is 0. The van der Waals surface area contributed by atoms with E-state index >= 15 is 0 Å². The summed E-state index contributed by atoms with van der Waals surface area (Å²) >= 11 is 6.71. The Morgan fingerprint density at radius 2 is 1.70 bits per heavy atom. The van der Waals surface area contributed by atoms with E-state index in [0.717, 1.165) is 22.0 Å². The predicted molar refractivity (Wildman–Crippen MR) is 89.5 cm³/mol. The molecule has 2 nitrogen and oxygen atoms in total. The number of rotatable bonds is 3. The van der Waals surface area contributed by atoms with E-state index < -0.39 is 12.5 Å². The summed E-state index contributed by atoms with van der Waals surface area (Å²) < 4.78 is 28.3.